The number of benzene rings is 1. The average Bonchev–Trinajstić information content (AvgIpc) is 2.18. The summed E-state index contributed by atoms with van der Waals surface area (Å²) in [6.07, 6.45) is 0. The number of halogens is 1. The molecular formula is C10H9IN2O. The Kier molecular flexibility index (Phi) is 3.89. The number of aryl methyl sites for hydroxylation is 1. The standard InChI is InChI=1S/C10H9IN2O/c1-7-2-3-8(6-9(7)11)10(14)13-5-4-12/h2-3,6H,5H2,1H3,(H,13,14). The van der Waals surface area contributed by atoms with Gasteiger partial charge >= 0.3 is 0 Å². The molecule has 0 bridgehead atoms. The molecule has 1 aromatic rings. The minimum absolute atomic E-state index is 0.0449. The summed E-state index contributed by atoms with van der Waals surface area (Å²) in [7, 11) is 0. The van der Waals surface area contributed by atoms with E-state index in [1.165, 1.54) is 0 Å². The zero-order valence-electron chi connectivity index (χ0n) is 7.67. The van der Waals surface area contributed by atoms with Gasteiger partial charge in [0.25, 0.3) is 5.91 Å². The van der Waals surface area contributed by atoms with Crippen LogP contribution in [0.5, 0.6) is 0 Å². The van der Waals surface area contributed by atoms with Crippen LogP contribution in [0.15, 0.2) is 18.2 Å². The van der Waals surface area contributed by atoms with E-state index in [1.807, 2.05) is 25.1 Å². The third kappa shape index (κ3) is 2.70. The van der Waals surface area contributed by atoms with E-state index >= 15 is 0 Å². The van der Waals surface area contributed by atoms with Crippen LogP contribution >= 0.6 is 22.6 Å². The first-order chi connectivity index (χ1) is 6.65. The molecule has 1 N–H and O–H groups in total. The molecule has 0 aliphatic heterocycles. The second-order valence-corrected chi connectivity index (χ2v) is 3.97. The lowest BCUT2D eigenvalue weighted by Crippen LogP contribution is -2.23. The molecule has 0 spiro atoms. The van der Waals surface area contributed by atoms with E-state index in [1.54, 1.807) is 6.07 Å². The van der Waals surface area contributed by atoms with E-state index in [0.717, 1.165) is 9.13 Å². The zero-order chi connectivity index (χ0) is 10.6. The van der Waals surface area contributed by atoms with Gasteiger partial charge < -0.3 is 5.32 Å². The molecule has 0 atom stereocenters. The third-order valence-electron chi connectivity index (χ3n) is 1.76. The van der Waals surface area contributed by atoms with Crippen LogP contribution in [0.4, 0.5) is 0 Å². The van der Waals surface area contributed by atoms with Gasteiger partial charge in [0.15, 0.2) is 0 Å². The van der Waals surface area contributed by atoms with E-state index in [9.17, 15) is 4.79 Å². The van der Waals surface area contributed by atoms with Crippen molar-refractivity contribution in [2.45, 2.75) is 6.92 Å². The van der Waals surface area contributed by atoms with E-state index in [4.69, 9.17) is 5.26 Å². The van der Waals surface area contributed by atoms with Crippen molar-refractivity contribution in [1.82, 2.24) is 5.32 Å². The Bertz CT molecular complexity index is 396. The Morgan fingerprint density at radius 1 is 1.64 bits per heavy atom. The summed E-state index contributed by atoms with van der Waals surface area (Å²) in [5.74, 6) is -0.204. The Morgan fingerprint density at radius 2 is 2.36 bits per heavy atom. The van der Waals surface area contributed by atoms with Gasteiger partial charge in [-0.25, -0.2) is 0 Å². The van der Waals surface area contributed by atoms with Gasteiger partial charge in [-0.2, -0.15) is 5.26 Å². The topological polar surface area (TPSA) is 52.9 Å². The first kappa shape index (κ1) is 11.0. The maximum Gasteiger partial charge on any atom is 0.252 e. The summed E-state index contributed by atoms with van der Waals surface area (Å²) < 4.78 is 1.05. The predicted octanol–water partition coefficient (Wildman–Crippen LogP) is 1.85. The highest BCUT2D eigenvalue weighted by Crippen LogP contribution is 2.13. The highest BCUT2D eigenvalue weighted by atomic mass is 127. The van der Waals surface area contributed by atoms with Gasteiger partial charge in [0.2, 0.25) is 0 Å². The molecule has 0 unspecified atom stereocenters. The Hall–Kier alpha value is -1.09. The van der Waals surface area contributed by atoms with Crippen molar-refractivity contribution in [3.63, 3.8) is 0 Å². The van der Waals surface area contributed by atoms with Crippen LogP contribution in [-0.2, 0) is 0 Å². The van der Waals surface area contributed by atoms with Crippen LogP contribution < -0.4 is 5.32 Å². The first-order valence-corrected chi connectivity index (χ1v) is 5.14. The fraction of sp³-hybridized carbons (Fsp3) is 0.200. The van der Waals surface area contributed by atoms with Crippen LogP contribution in [0.25, 0.3) is 0 Å². The molecule has 0 aliphatic carbocycles. The molecule has 1 rings (SSSR count). The van der Waals surface area contributed by atoms with Gasteiger partial charge in [0, 0.05) is 9.13 Å². The lowest BCUT2D eigenvalue weighted by molar-refractivity contribution is 0.0958. The highest BCUT2D eigenvalue weighted by molar-refractivity contribution is 14.1. The van der Waals surface area contributed by atoms with Crippen molar-refractivity contribution in [3.05, 3.63) is 32.9 Å². The number of hydrogen-bond donors (Lipinski definition) is 1. The number of nitriles is 1. The monoisotopic (exact) mass is 300 g/mol. The maximum absolute atomic E-state index is 11.4. The zero-order valence-corrected chi connectivity index (χ0v) is 9.83. The number of nitrogens with one attached hydrogen (secondary N) is 1. The summed E-state index contributed by atoms with van der Waals surface area (Å²) in [5.41, 5.74) is 1.73. The quantitative estimate of drug-likeness (QED) is 0.669. The normalized spacial score (nSPS) is 9.21. The van der Waals surface area contributed by atoms with E-state index in [-0.39, 0.29) is 12.5 Å². The van der Waals surface area contributed by atoms with Crippen molar-refractivity contribution < 1.29 is 4.79 Å². The molecule has 14 heavy (non-hydrogen) atoms. The van der Waals surface area contributed by atoms with Crippen molar-refractivity contribution in [2.75, 3.05) is 6.54 Å². The smallest absolute Gasteiger partial charge is 0.252 e. The molecule has 3 nitrogen and oxygen atoms in total. The number of hydrogen-bond acceptors (Lipinski definition) is 2. The Balaban J connectivity index is 2.82. The number of amides is 1. The number of nitrogens with zero attached hydrogens (tertiary/aromatic N) is 1. The van der Waals surface area contributed by atoms with Gasteiger partial charge in [-0.3, -0.25) is 4.79 Å². The molecule has 0 saturated carbocycles. The SMILES string of the molecule is Cc1ccc(C(=O)NCC#N)cc1I. The Labute approximate surface area is 96.3 Å². The average molecular weight is 300 g/mol. The number of carbonyl (C=O) groups is 1. The number of rotatable bonds is 2. The maximum atomic E-state index is 11.4. The molecule has 0 aliphatic rings. The van der Waals surface area contributed by atoms with E-state index < -0.39 is 0 Å². The Morgan fingerprint density at radius 3 is 2.93 bits per heavy atom. The van der Waals surface area contributed by atoms with Gasteiger partial charge in [-0.15, -0.1) is 0 Å². The molecule has 0 aromatic heterocycles. The molecule has 4 heteroatoms. The summed E-state index contributed by atoms with van der Waals surface area (Å²) >= 11 is 2.18. The third-order valence-corrected chi connectivity index (χ3v) is 2.92. The van der Waals surface area contributed by atoms with Crippen LogP contribution in [-0.4, -0.2) is 12.5 Å². The fourth-order valence-electron chi connectivity index (χ4n) is 0.956. The van der Waals surface area contributed by atoms with Crippen LogP contribution in [0.1, 0.15) is 15.9 Å². The van der Waals surface area contributed by atoms with Crippen molar-refractivity contribution in [1.29, 1.82) is 5.26 Å². The largest absolute Gasteiger partial charge is 0.339 e. The highest BCUT2D eigenvalue weighted by Gasteiger charge is 2.05. The van der Waals surface area contributed by atoms with Gasteiger partial charge in [0.05, 0.1) is 6.07 Å². The summed E-state index contributed by atoms with van der Waals surface area (Å²) in [6.45, 7) is 2.03. The lowest BCUT2D eigenvalue weighted by Gasteiger charge is -2.03. The van der Waals surface area contributed by atoms with Crippen LogP contribution in [0.3, 0.4) is 0 Å². The van der Waals surface area contributed by atoms with Gasteiger partial charge in [0.1, 0.15) is 6.54 Å². The molecule has 0 fully saturated rings. The second kappa shape index (κ2) is 4.96. The molecule has 0 radical (unpaired) electrons. The fourth-order valence-corrected chi connectivity index (χ4v) is 1.47. The molecule has 1 amide bonds. The molecule has 0 heterocycles. The molecule has 72 valence electrons. The van der Waals surface area contributed by atoms with Gasteiger partial charge in [-0.1, -0.05) is 6.07 Å². The second-order valence-electron chi connectivity index (χ2n) is 2.80. The lowest BCUT2D eigenvalue weighted by atomic mass is 10.1. The molecule has 1 aromatic carbocycles. The first-order valence-electron chi connectivity index (χ1n) is 4.06. The summed E-state index contributed by atoms with van der Waals surface area (Å²) in [4.78, 5) is 11.4. The predicted molar refractivity (Wildman–Crippen MR) is 61.8 cm³/mol. The number of carbonyl (C=O) groups excluding carboxylic acids is 1. The van der Waals surface area contributed by atoms with E-state index in [2.05, 4.69) is 27.9 Å². The minimum atomic E-state index is -0.204. The van der Waals surface area contributed by atoms with Crippen LogP contribution in [0.2, 0.25) is 0 Å². The molecular weight excluding hydrogens is 291 g/mol. The molecule has 0 saturated heterocycles. The van der Waals surface area contributed by atoms with E-state index in [0.29, 0.717) is 5.56 Å². The summed E-state index contributed by atoms with van der Waals surface area (Å²) in [6, 6.07) is 7.31. The van der Waals surface area contributed by atoms with Gasteiger partial charge in [-0.05, 0) is 47.2 Å². The van der Waals surface area contributed by atoms with Crippen molar-refractivity contribution in [2.24, 2.45) is 0 Å². The van der Waals surface area contributed by atoms with Crippen molar-refractivity contribution in [3.8, 4) is 6.07 Å². The summed E-state index contributed by atoms with van der Waals surface area (Å²) in [5, 5.41) is 10.8. The van der Waals surface area contributed by atoms with Crippen LogP contribution in [0, 0.1) is 21.8 Å². The van der Waals surface area contributed by atoms with Crippen molar-refractivity contribution >= 4 is 28.5 Å². The minimum Gasteiger partial charge on any atom is -0.339 e.